The van der Waals surface area contributed by atoms with E-state index in [0.29, 0.717) is 11.6 Å². The lowest BCUT2D eigenvalue weighted by molar-refractivity contribution is 0.0780. The fourth-order valence-corrected chi connectivity index (χ4v) is 1.67. The maximum absolute atomic E-state index is 13.3. The Hall–Kier alpha value is -2.51. The monoisotopic (exact) mass is 281 g/mol. The lowest BCUT2D eigenvalue weighted by Crippen LogP contribution is -2.27. The molecule has 0 spiro atoms. The standard InChI is InChI=1S/C12H13F2N5O/c1-6-16-10(18-17-6)5-19(2)12(20)7-3-8(13)11(15)9(14)4-7/h3-4H,5,15H2,1-2H3,(H,16,17,18). The third-order valence-corrected chi connectivity index (χ3v) is 2.69. The Labute approximate surface area is 113 Å². The number of anilines is 1. The van der Waals surface area contributed by atoms with Crippen molar-refractivity contribution in [1.82, 2.24) is 20.1 Å². The molecule has 1 amide bonds. The van der Waals surface area contributed by atoms with E-state index in [-0.39, 0.29) is 12.1 Å². The van der Waals surface area contributed by atoms with Gasteiger partial charge in [-0.3, -0.25) is 9.89 Å². The van der Waals surface area contributed by atoms with Crippen LogP contribution in [0, 0.1) is 18.6 Å². The summed E-state index contributed by atoms with van der Waals surface area (Å²) in [4.78, 5) is 17.4. The number of hydrogen-bond acceptors (Lipinski definition) is 4. The first kappa shape index (κ1) is 13.9. The predicted octanol–water partition coefficient (Wildman–Crippen LogP) is 1.25. The number of nitrogens with zero attached hydrogens (tertiary/aromatic N) is 3. The van der Waals surface area contributed by atoms with Crippen molar-refractivity contribution in [1.29, 1.82) is 0 Å². The van der Waals surface area contributed by atoms with Gasteiger partial charge in [0, 0.05) is 12.6 Å². The number of aromatic nitrogens is 3. The number of carbonyl (C=O) groups excluding carboxylic acids is 1. The largest absolute Gasteiger partial charge is 0.394 e. The molecule has 20 heavy (non-hydrogen) atoms. The van der Waals surface area contributed by atoms with Crippen LogP contribution in [0.25, 0.3) is 0 Å². The lowest BCUT2D eigenvalue weighted by Gasteiger charge is -2.15. The van der Waals surface area contributed by atoms with Crippen molar-refractivity contribution in [3.05, 3.63) is 41.0 Å². The quantitative estimate of drug-likeness (QED) is 0.829. The molecule has 8 heteroatoms. The Morgan fingerprint density at radius 2 is 2.00 bits per heavy atom. The van der Waals surface area contributed by atoms with Crippen LogP contribution in [0.5, 0.6) is 0 Å². The van der Waals surface area contributed by atoms with Gasteiger partial charge >= 0.3 is 0 Å². The zero-order chi connectivity index (χ0) is 14.9. The summed E-state index contributed by atoms with van der Waals surface area (Å²) >= 11 is 0. The Balaban J connectivity index is 2.18. The van der Waals surface area contributed by atoms with Crippen molar-refractivity contribution in [3.8, 4) is 0 Å². The zero-order valence-electron chi connectivity index (χ0n) is 10.9. The molecule has 0 fully saturated rings. The molecule has 0 bridgehead atoms. The summed E-state index contributed by atoms with van der Waals surface area (Å²) in [6.45, 7) is 1.85. The highest BCUT2D eigenvalue weighted by molar-refractivity contribution is 5.94. The van der Waals surface area contributed by atoms with Gasteiger partial charge in [0.15, 0.2) is 5.82 Å². The topological polar surface area (TPSA) is 87.9 Å². The third kappa shape index (κ3) is 2.73. The normalized spacial score (nSPS) is 10.6. The molecule has 0 radical (unpaired) electrons. The molecule has 6 nitrogen and oxygen atoms in total. The SMILES string of the molecule is Cc1nc(CN(C)C(=O)c2cc(F)c(N)c(F)c2)n[nH]1. The Morgan fingerprint density at radius 3 is 2.50 bits per heavy atom. The van der Waals surface area contributed by atoms with Crippen molar-refractivity contribution >= 4 is 11.6 Å². The fraction of sp³-hybridized carbons (Fsp3) is 0.250. The van der Waals surface area contributed by atoms with Gasteiger partial charge in [-0.05, 0) is 19.1 Å². The van der Waals surface area contributed by atoms with Crippen molar-refractivity contribution in [3.63, 3.8) is 0 Å². The molecule has 2 rings (SSSR count). The van der Waals surface area contributed by atoms with Crippen molar-refractivity contribution in [2.24, 2.45) is 0 Å². The van der Waals surface area contributed by atoms with E-state index < -0.39 is 23.2 Å². The number of amides is 1. The van der Waals surface area contributed by atoms with E-state index in [2.05, 4.69) is 15.2 Å². The number of hydrogen-bond donors (Lipinski definition) is 2. The first-order chi connectivity index (χ1) is 9.38. The molecule has 3 N–H and O–H groups in total. The van der Waals surface area contributed by atoms with E-state index in [1.165, 1.54) is 11.9 Å². The molecule has 0 aliphatic carbocycles. The molecular weight excluding hydrogens is 268 g/mol. The summed E-state index contributed by atoms with van der Waals surface area (Å²) < 4.78 is 26.7. The lowest BCUT2D eigenvalue weighted by atomic mass is 10.1. The number of nitrogens with two attached hydrogens (primary N) is 1. The highest BCUT2D eigenvalue weighted by Crippen LogP contribution is 2.18. The second-order valence-corrected chi connectivity index (χ2v) is 4.35. The number of halogens is 2. The number of carbonyl (C=O) groups is 1. The zero-order valence-corrected chi connectivity index (χ0v) is 10.9. The van der Waals surface area contributed by atoms with Crippen molar-refractivity contribution < 1.29 is 13.6 Å². The molecule has 0 saturated carbocycles. The Kier molecular flexibility index (Phi) is 3.64. The summed E-state index contributed by atoms with van der Waals surface area (Å²) in [5.41, 5.74) is 4.43. The molecule has 0 atom stereocenters. The number of nitrogens with one attached hydrogen (secondary N) is 1. The van der Waals surface area contributed by atoms with Gasteiger partial charge in [-0.2, -0.15) is 5.10 Å². The highest BCUT2D eigenvalue weighted by atomic mass is 19.1. The smallest absolute Gasteiger partial charge is 0.254 e. The summed E-state index contributed by atoms with van der Waals surface area (Å²) in [5, 5.41) is 6.53. The van der Waals surface area contributed by atoms with E-state index in [0.717, 1.165) is 12.1 Å². The van der Waals surface area contributed by atoms with E-state index >= 15 is 0 Å². The Bertz CT molecular complexity index is 632. The third-order valence-electron chi connectivity index (χ3n) is 2.69. The molecule has 1 aromatic heterocycles. The Morgan fingerprint density at radius 1 is 1.40 bits per heavy atom. The number of H-pyrrole nitrogens is 1. The van der Waals surface area contributed by atoms with E-state index in [1.807, 2.05) is 0 Å². The van der Waals surface area contributed by atoms with Crippen LogP contribution in [0.2, 0.25) is 0 Å². The van der Waals surface area contributed by atoms with Crippen LogP contribution in [0.4, 0.5) is 14.5 Å². The van der Waals surface area contributed by atoms with Crippen molar-refractivity contribution in [2.45, 2.75) is 13.5 Å². The highest BCUT2D eigenvalue weighted by Gasteiger charge is 2.17. The molecule has 0 unspecified atom stereocenters. The molecule has 1 aromatic carbocycles. The summed E-state index contributed by atoms with van der Waals surface area (Å²) in [5.74, 6) is -1.45. The number of rotatable bonds is 3. The second kappa shape index (κ2) is 5.24. The van der Waals surface area contributed by atoms with Gasteiger partial charge in [-0.15, -0.1) is 0 Å². The van der Waals surface area contributed by atoms with Crippen LogP contribution < -0.4 is 5.73 Å². The minimum absolute atomic E-state index is 0.121. The summed E-state index contributed by atoms with van der Waals surface area (Å²) in [7, 11) is 1.49. The average Bonchev–Trinajstić information content (AvgIpc) is 2.79. The first-order valence-corrected chi connectivity index (χ1v) is 5.76. The van der Waals surface area contributed by atoms with Gasteiger partial charge < -0.3 is 10.6 Å². The summed E-state index contributed by atoms with van der Waals surface area (Å²) in [6.07, 6.45) is 0. The van der Waals surface area contributed by atoms with Crippen molar-refractivity contribution in [2.75, 3.05) is 12.8 Å². The van der Waals surface area contributed by atoms with Gasteiger partial charge in [0.05, 0.1) is 6.54 Å². The minimum Gasteiger partial charge on any atom is -0.394 e. The number of benzene rings is 1. The number of aryl methyl sites for hydroxylation is 1. The minimum atomic E-state index is -0.963. The van der Waals surface area contributed by atoms with Gasteiger partial charge in [-0.1, -0.05) is 0 Å². The van der Waals surface area contributed by atoms with E-state index in [4.69, 9.17) is 5.73 Å². The number of aromatic amines is 1. The molecule has 0 aliphatic rings. The van der Waals surface area contributed by atoms with Gasteiger partial charge in [-0.25, -0.2) is 13.8 Å². The second-order valence-electron chi connectivity index (χ2n) is 4.35. The number of nitrogen functional groups attached to an aromatic ring is 1. The maximum Gasteiger partial charge on any atom is 0.254 e. The van der Waals surface area contributed by atoms with Gasteiger partial charge in [0.2, 0.25) is 0 Å². The first-order valence-electron chi connectivity index (χ1n) is 5.76. The average molecular weight is 281 g/mol. The fourth-order valence-electron chi connectivity index (χ4n) is 1.67. The molecular formula is C12H13F2N5O. The van der Waals surface area contributed by atoms with Crippen LogP contribution in [-0.4, -0.2) is 33.0 Å². The molecule has 0 saturated heterocycles. The van der Waals surface area contributed by atoms with Crippen LogP contribution in [-0.2, 0) is 6.54 Å². The summed E-state index contributed by atoms with van der Waals surface area (Å²) in [6, 6.07) is 1.81. The van der Waals surface area contributed by atoms with Crippen LogP contribution in [0.15, 0.2) is 12.1 Å². The molecule has 1 heterocycles. The van der Waals surface area contributed by atoms with Crippen LogP contribution in [0.3, 0.4) is 0 Å². The van der Waals surface area contributed by atoms with Gasteiger partial charge in [0.25, 0.3) is 5.91 Å². The van der Waals surface area contributed by atoms with E-state index in [1.54, 1.807) is 6.92 Å². The van der Waals surface area contributed by atoms with Crippen LogP contribution in [0.1, 0.15) is 22.0 Å². The van der Waals surface area contributed by atoms with Gasteiger partial charge in [0.1, 0.15) is 23.1 Å². The molecule has 106 valence electrons. The predicted molar refractivity (Wildman–Crippen MR) is 67.7 cm³/mol. The molecule has 2 aromatic rings. The van der Waals surface area contributed by atoms with E-state index in [9.17, 15) is 13.6 Å². The van der Waals surface area contributed by atoms with Crippen LogP contribution >= 0.6 is 0 Å². The molecule has 0 aliphatic heterocycles. The maximum atomic E-state index is 13.3.